The van der Waals surface area contributed by atoms with E-state index in [4.69, 9.17) is 14.2 Å². The zero-order chi connectivity index (χ0) is 29.1. The summed E-state index contributed by atoms with van der Waals surface area (Å²) in [6, 6.07) is 12.4. The smallest absolute Gasteiger partial charge is 0.338 e. The number of esters is 1. The van der Waals surface area contributed by atoms with Crippen molar-refractivity contribution in [3.05, 3.63) is 70.4 Å². The highest BCUT2D eigenvalue weighted by Gasteiger charge is 2.38. The van der Waals surface area contributed by atoms with Crippen LogP contribution >= 0.6 is 0 Å². The molecule has 0 spiro atoms. The molecule has 0 saturated carbocycles. The lowest BCUT2D eigenvalue weighted by Gasteiger charge is -2.40. The van der Waals surface area contributed by atoms with Gasteiger partial charge in [0.2, 0.25) is 6.79 Å². The topological polar surface area (TPSA) is 101 Å². The van der Waals surface area contributed by atoms with Gasteiger partial charge in [0.15, 0.2) is 11.5 Å². The highest BCUT2D eigenvalue weighted by atomic mass is 16.7. The largest absolute Gasteiger partial charge is 0.463 e. The summed E-state index contributed by atoms with van der Waals surface area (Å²) >= 11 is 0. The first kappa shape index (κ1) is 28.5. The Kier molecular flexibility index (Phi) is 8.49. The van der Waals surface area contributed by atoms with Crippen LogP contribution in [0.5, 0.6) is 11.5 Å². The van der Waals surface area contributed by atoms with Crippen LogP contribution in [0.1, 0.15) is 61.1 Å². The summed E-state index contributed by atoms with van der Waals surface area (Å²) in [5.74, 6) is 1.09. The van der Waals surface area contributed by atoms with Crippen molar-refractivity contribution in [1.29, 1.82) is 0 Å². The van der Waals surface area contributed by atoms with E-state index < -0.39 is 12.0 Å². The molecule has 3 heterocycles. The van der Waals surface area contributed by atoms with Crippen LogP contribution in [0.3, 0.4) is 0 Å². The maximum absolute atomic E-state index is 13.4. The summed E-state index contributed by atoms with van der Waals surface area (Å²) in [7, 11) is 0. The van der Waals surface area contributed by atoms with Gasteiger partial charge in [-0.15, -0.1) is 0 Å². The third-order valence-corrected chi connectivity index (χ3v) is 7.84. The number of carbonyl (C=O) groups is 3. The van der Waals surface area contributed by atoms with Gasteiger partial charge in [0, 0.05) is 50.5 Å². The SMILES string of the molecule is CCOC(=O)C1=C(CN2CCN(C(=O)c3ccc4c(c3)OCO4)CC2)N(CC)C(=O)NC1c1ccc(C(C)C)cc1. The molecule has 5 rings (SSSR count). The van der Waals surface area contributed by atoms with Crippen LogP contribution < -0.4 is 14.8 Å². The molecule has 1 atom stereocenters. The van der Waals surface area contributed by atoms with E-state index in [1.54, 1.807) is 30.0 Å². The average molecular weight is 563 g/mol. The number of urea groups is 1. The maximum Gasteiger partial charge on any atom is 0.338 e. The number of fused-ring (bicyclic) bond motifs is 1. The molecule has 1 fully saturated rings. The normalized spacial score (nSPS) is 19.0. The van der Waals surface area contributed by atoms with Crippen molar-refractivity contribution in [2.24, 2.45) is 0 Å². The van der Waals surface area contributed by atoms with Gasteiger partial charge in [-0.1, -0.05) is 38.1 Å². The summed E-state index contributed by atoms with van der Waals surface area (Å²) in [5, 5.41) is 3.03. The standard InChI is InChI=1S/C31H38N4O6/c1-5-35-24(18-33-13-15-34(16-14-33)29(36)23-11-12-25-26(17-23)41-19-40-25)27(30(37)39-6-2)28(32-31(35)38)22-9-7-21(8-10-22)20(3)4/h7-12,17,20,28H,5-6,13-16,18-19H2,1-4H3,(H,32,38). The van der Waals surface area contributed by atoms with Gasteiger partial charge >= 0.3 is 12.0 Å². The Morgan fingerprint density at radius 2 is 1.71 bits per heavy atom. The molecular weight excluding hydrogens is 524 g/mol. The van der Waals surface area contributed by atoms with E-state index in [0.717, 1.165) is 5.56 Å². The van der Waals surface area contributed by atoms with Gasteiger partial charge < -0.3 is 24.4 Å². The number of benzene rings is 2. The number of likely N-dealkylation sites (N-methyl/N-ethyl adjacent to an activating group) is 1. The maximum atomic E-state index is 13.4. The number of hydrogen-bond acceptors (Lipinski definition) is 7. The number of rotatable bonds is 8. The van der Waals surface area contributed by atoms with Gasteiger partial charge in [-0.2, -0.15) is 0 Å². The summed E-state index contributed by atoms with van der Waals surface area (Å²) < 4.78 is 16.3. The van der Waals surface area contributed by atoms with Crippen molar-refractivity contribution in [3.8, 4) is 11.5 Å². The lowest BCUT2D eigenvalue weighted by molar-refractivity contribution is -0.139. The number of amides is 3. The zero-order valence-electron chi connectivity index (χ0n) is 24.1. The molecule has 1 N–H and O–H groups in total. The molecule has 3 aliphatic rings. The fraction of sp³-hybridized carbons (Fsp3) is 0.452. The van der Waals surface area contributed by atoms with Crippen molar-refractivity contribution in [1.82, 2.24) is 20.0 Å². The molecule has 3 amide bonds. The molecule has 10 nitrogen and oxygen atoms in total. The molecule has 0 bridgehead atoms. The van der Waals surface area contributed by atoms with Crippen molar-refractivity contribution in [2.45, 2.75) is 39.7 Å². The summed E-state index contributed by atoms with van der Waals surface area (Å²) in [5.41, 5.74) is 3.66. The molecule has 3 aliphatic heterocycles. The molecule has 2 aromatic carbocycles. The summed E-state index contributed by atoms with van der Waals surface area (Å²) in [6.45, 7) is 11.4. The lowest BCUT2D eigenvalue weighted by Crippen LogP contribution is -2.53. The molecule has 218 valence electrons. The number of hydrogen-bond donors (Lipinski definition) is 1. The lowest BCUT2D eigenvalue weighted by atomic mass is 9.92. The molecule has 2 aromatic rings. The first-order chi connectivity index (χ1) is 19.8. The van der Waals surface area contributed by atoms with Gasteiger partial charge in [0.05, 0.1) is 18.2 Å². The number of piperazine rings is 1. The minimum Gasteiger partial charge on any atom is -0.463 e. The fourth-order valence-corrected chi connectivity index (χ4v) is 5.51. The van der Waals surface area contributed by atoms with Crippen molar-refractivity contribution in [2.75, 3.05) is 52.7 Å². The molecule has 1 unspecified atom stereocenters. The first-order valence-corrected chi connectivity index (χ1v) is 14.3. The Labute approximate surface area is 240 Å². The van der Waals surface area contributed by atoms with Crippen LogP contribution in [0.4, 0.5) is 4.79 Å². The van der Waals surface area contributed by atoms with Crippen molar-refractivity contribution < 1.29 is 28.6 Å². The van der Waals surface area contributed by atoms with Crippen LogP contribution in [0.2, 0.25) is 0 Å². The molecular formula is C31H38N4O6. The van der Waals surface area contributed by atoms with Crippen LogP contribution in [0.15, 0.2) is 53.7 Å². The number of nitrogens with one attached hydrogen (secondary N) is 1. The fourth-order valence-electron chi connectivity index (χ4n) is 5.51. The Bertz CT molecular complexity index is 1330. The number of nitrogens with zero attached hydrogens (tertiary/aromatic N) is 3. The second kappa shape index (κ2) is 12.2. The second-order valence-electron chi connectivity index (χ2n) is 10.7. The van der Waals surface area contributed by atoms with E-state index in [0.29, 0.717) is 73.5 Å². The van der Waals surface area contributed by atoms with Crippen LogP contribution in [-0.4, -0.2) is 85.3 Å². The van der Waals surface area contributed by atoms with Crippen molar-refractivity contribution >= 4 is 17.9 Å². The number of carbonyl (C=O) groups excluding carboxylic acids is 3. The summed E-state index contributed by atoms with van der Waals surface area (Å²) in [4.78, 5) is 45.5. The predicted octanol–water partition coefficient (Wildman–Crippen LogP) is 3.90. The van der Waals surface area contributed by atoms with Crippen molar-refractivity contribution in [3.63, 3.8) is 0 Å². The molecule has 1 saturated heterocycles. The summed E-state index contributed by atoms with van der Waals surface area (Å²) in [6.07, 6.45) is 0. The third kappa shape index (κ3) is 5.88. The van der Waals surface area contributed by atoms with Gasteiger partial charge in [-0.25, -0.2) is 9.59 Å². The van der Waals surface area contributed by atoms with Crippen LogP contribution in [-0.2, 0) is 9.53 Å². The molecule has 41 heavy (non-hydrogen) atoms. The average Bonchev–Trinajstić information content (AvgIpc) is 3.45. The second-order valence-corrected chi connectivity index (χ2v) is 10.7. The predicted molar refractivity (Wildman–Crippen MR) is 153 cm³/mol. The first-order valence-electron chi connectivity index (χ1n) is 14.3. The van der Waals surface area contributed by atoms with E-state index in [1.165, 1.54) is 5.56 Å². The number of ether oxygens (including phenoxy) is 3. The van der Waals surface area contributed by atoms with E-state index in [9.17, 15) is 14.4 Å². The highest BCUT2D eigenvalue weighted by molar-refractivity contribution is 5.96. The van der Waals surface area contributed by atoms with E-state index >= 15 is 0 Å². The van der Waals surface area contributed by atoms with Gasteiger partial charge in [0.1, 0.15) is 0 Å². The minimum absolute atomic E-state index is 0.0634. The third-order valence-electron chi connectivity index (χ3n) is 7.84. The van der Waals surface area contributed by atoms with Crippen LogP contribution in [0, 0.1) is 0 Å². The molecule has 10 heteroatoms. The Hall–Kier alpha value is -4.05. The molecule has 0 aromatic heterocycles. The molecule has 0 radical (unpaired) electrons. The Morgan fingerprint density at radius 1 is 1.00 bits per heavy atom. The quantitative estimate of drug-likeness (QED) is 0.487. The van der Waals surface area contributed by atoms with Gasteiger partial charge in [-0.05, 0) is 49.1 Å². The van der Waals surface area contributed by atoms with Gasteiger partial charge in [-0.3, -0.25) is 14.6 Å². The van der Waals surface area contributed by atoms with E-state index in [2.05, 4.69) is 24.1 Å². The zero-order valence-corrected chi connectivity index (χ0v) is 24.1. The van der Waals surface area contributed by atoms with Gasteiger partial charge in [0.25, 0.3) is 5.91 Å². The monoisotopic (exact) mass is 562 g/mol. The minimum atomic E-state index is -0.616. The van der Waals surface area contributed by atoms with E-state index in [-0.39, 0.29) is 25.3 Å². The molecule has 0 aliphatic carbocycles. The highest BCUT2D eigenvalue weighted by Crippen LogP contribution is 2.34. The van der Waals surface area contributed by atoms with Crippen LogP contribution in [0.25, 0.3) is 0 Å². The Balaban J connectivity index is 1.37. The van der Waals surface area contributed by atoms with E-state index in [1.807, 2.05) is 36.1 Å². The Morgan fingerprint density at radius 3 is 2.37 bits per heavy atom.